The summed E-state index contributed by atoms with van der Waals surface area (Å²) in [5, 5.41) is 12.2. The topological polar surface area (TPSA) is 94.7 Å². The Kier molecular flexibility index (Phi) is 4.92. The molecule has 0 unspecified atom stereocenters. The first kappa shape index (κ1) is 18.3. The van der Waals surface area contributed by atoms with Crippen LogP contribution < -0.4 is 4.72 Å². The number of benzene rings is 1. The SMILES string of the molecule is Cn1cc(C(C)(C)NS(=O)(=O)c2ccnn2CCc2ccccc2)nn1. The van der Waals surface area contributed by atoms with Gasteiger partial charge < -0.3 is 0 Å². The molecule has 0 spiro atoms. The van der Waals surface area contributed by atoms with E-state index in [4.69, 9.17) is 0 Å². The third-order valence-electron chi connectivity index (χ3n) is 4.04. The van der Waals surface area contributed by atoms with Gasteiger partial charge in [0, 0.05) is 13.6 Å². The highest BCUT2D eigenvalue weighted by Crippen LogP contribution is 2.21. The second kappa shape index (κ2) is 7.00. The molecule has 0 fully saturated rings. The molecule has 0 atom stereocenters. The molecule has 3 aromatic rings. The van der Waals surface area contributed by atoms with E-state index in [0.29, 0.717) is 18.7 Å². The molecule has 2 aromatic heterocycles. The van der Waals surface area contributed by atoms with Crippen LogP contribution in [-0.2, 0) is 35.6 Å². The fourth-order valence-corrected chi connectivity index (χ4v) is 4.21. The normalized spacial score (nSPS) is 12.4. The van der Waals surface area contributed by atoms with Crippen molar-refractivity contribution in [2.75, 3.05) is 0 Å². The van der Waals surface area contributed by atoms with Crippen LogP contribution in [0, 0.1) is 0 Å². The molecule has 3 rings (SSSR count). The molecule has 1 aromatic carbocycles. The number of hydrogen-bond acceptors (Lipinski definition) is 5. The molecule has 9 heteroatoms. The lowest BCUT2D eigenvalue weighted by atomic mass is 10.0. The number of hydrogen-bond donors (Lipinski definition) is 1. The highest BCUT2D eigenvalue weighted by atomic mass is 32.2. The van der Waals surface area contributed by atoms with Crippen LogP contribution in [-0.4, -0.2) is 33.2 Å². The molecule has 0 aliphatic heterocycles. The summed E-state index contributed by atoms with van der Waals surface area (Å²) in [6.45, 7) is 3.97. The van der Waals surface area contributed by atoms with E-state index in [1.54, 1.807) is 27.1 Å². The first-order valence-electron chi connectivity index (χ1n) is 8.24. The Balaban J connectivity index is 1.79. The first-order chi connectivity index (χ1) is 12.3. The minimum atomic E-state index is -3.78. The predicted octanol–water partition coefficient (Wildman–Crippen LogP) is 1.47. The number of aryl methyl sites for hydroxylation is 3. The van der Waals surface area contributed by atoms with E-state index in [1.807, 2.05) is 30.3 Å². The summed E-state index contributed by atoms with van der Waals surface area (Å²) >= 11 is 0. The Labute approximate surface area is 152 Å². The van der Waals surface area contributed by atoms with Crippen LogP contribution in [0.3, 0.4) is 0 Å². The van der Waals surface area contributed by atoms with Crippen LogP contribution in [0.15, 0.2) is 53.8 Å². The molecule has 0 saturated carbocycles. The van der Waals surface area contributed by atoms with Gasteiger partial charge in [0.15, 0.2) is 5.03 Å². The number of rotatable bonds is 7. The number of aromatic nitrogens is 5. The summed E-state index contributed by atoms with van der Waals surface area (Å²) in [5.41, 5.74) is 0.764. The van der Waals surface area contributed by atoms with Crippen LogP contribution in [0.1, 0.15) is 25.1 Å². The standard InChI is InChI=1S/C17H22N6O2S/c1-17(2,15-13-22(3)21-19-15)20-26(24,25)16-9-11-18-23(16)12-10-14-7-5-4-6-8-14/h4-9,11,13,20H,10,12H2,1-3H3. The summed E-state index contributed by atoms with van der Waals surface area (Å²) in [7, 11) is -2.04. The Bertz CT molecular complexity index is 976. The molecule has 26 heavy (non-hydrogen) atoms. The van der Waals surface area contributed by atoms with Crippen molar-refractivity contribution in [2.45, 2.75) is 37.4 Å². The minimum Gasteiger partial charge on any atom is -0.255 e. The van der Waals surface area contributed by atoms with Crippen LogP contribution in [0.5, 0.6) is 0 Å². The Morgan fingerprint density at radius 2 is 1.88 bits per heavy atom. The highest BCUT2D eigenvalue weighted by Gasteiger charge is 2.32. The zero-order chi connectivity index (χ0) is 18.8. The van der Waals surface area contributed by atoms with E-state index in [0.717, 1.165) is 5.56 Å². The Morgan fingerprint density at radius 1 is 1.15 bits per heavy atom. The molecule has 1 N–H and O–H groups in total. The van der Waals surface area contributed by atoms with E-state index >= 15 is 0 Å². The lowest BCUT2D eigenvalue weighted by Gasteiger charge is -2.23. The van der Waals surface area contributed by atoms with Gasteiger partial charge in [0.05, 0.1) is 17.9 Å². The molecule has 0 saturated heterocycles. The highest BCUT2D eigenvalue weighted by molar-refractivity contribution is 7.89. The second-order valence-corrected chi connectivity index (χ2v) is 8.27. The van der Waals surface area contributed by atoms with Crippen molar-refractivity contribution in [2.24, 2.45) is 7.05 Å². The molecule has 0 aliphatic rings. The maximum atomic E-state index is 12.9. The summed E-state index contributed by atoms with van der Waals surface area (Å²) in [6, 6.07) is 11.4. The number of nitrogens with zero attached hydrogens (tertiary/aromatic N) is 5. The van der Waals surface area contributed by atoms with Gasteiger partial charge in [-0.2, -0.15) is 9.82 Å². The number of nitrogens with one attached hydrogen (secondary N) is 1. The average Bonchev–Trinajstić information content (AvgIpc) is 3.22. The van der Waals surface area contributed by atoms with Gasteiger partial charge in [-0.25, -0.2) is 8.42 Å². The monoisotopic (exact) mass is 374 g/mol. The summed E-state index contributed by atoms with van der Waals surface area (Å²) in [5.74, 6) is 0. The third kappa shape index (κ3) is 4.00. The van der Waals surface area contributed by atoms with Gasteiger partial charge in [0.25, 0.3) is 10.0 Å². The summed E-state index contributed by atoms with van der Waals surface area (Å²) in [6.07, 6.45) is 3.88. The molecular formula is C17H22N6O2S. The van der Waals surface area contributed by atoms with E-state index in [-0.39, 0.29) is 5.03 Å². The van der Waals surface area contributed by atoms with E-state index in [9.17, 15) is 8.42 Å². The molecule has 0 amide bonds. The van der Waals surface area contributed by atoms with Gasteiger partial charge in [0.1, 0.15) is 5.69 Å². The van der Waals surface area contributed by atoms with Gasteiger partial charge in [-0.1, -0.05) is 35.5 Å². The zero-order valence-corrected chi connectivity index (χ0v) is 15.8. The van der Waals surface area contributed by atoms with E-state index < -0.39 is 15.6 Å². The molecular weight excluding hydrogens is 352 g/mol. The third-order valence-corrected chi connectivity index (χ3v) is 5.72. The first-order valence-corrected chi connectivity index (χ1v) is 9.73. The van der Waals surface area contributed by atoms with E-state index in [1.165, 1.54) is 21.6 Å². The van der Waals surface area contributed by atoms with Crippen molar-refractivity contribution >= 4 is 10.0 Å². The van der Waals surface area contributed by atoms with Crippen LogP contribution in [0.4, 0.5) is 0 Å². The lowest BCUT2D eigenvalue weighted by molar-refractivity contribution is 0.451. The van der Waals surface area contributed by atoms with Crippen molar-refractivity contribution in [3.05, 3.63) is 60.0 Å². The van der Waals surface area contributed by atoms with Crippen molar-refractivity contribution < 1.29 is 8.42 Å². The van der Waals surface area contributed by atoms with Crippen molar-refractivity contribution in [1.29, 1.82) is 0 Å². The maximum Gasteiger partial charge on any atom is 0.258 e. The summed E-state index contributed by atoms with van der Waals surface area (Å²) < 4.78 is 31.5. The van der Waals surface area contributed by atoms with Gasteiger partial charge in [-0.05, 0) is 31.9 Å². The van der Waals surface area contributed by atoms with Gasteiger partial charge in [-0.15, -0.1) is 5.10 Å². The minimum absolute atomic E-state index is 0.130. The molecule has 0 aliphatic carbocycles. The maximum absolute atomic E-state index is 12.9. The van der Waals surface area contributed by atoms with E-state index in [2.05, 4.69) is 20.1 Å². The molecule has 0 bridgehead atoms. The Morgan fingerprint density at radius 3 is 2.54 bits per heavy atom. The van der Waals surface area contributed by atoms with Crippen molar-refractivity contribution in [3.63, 3.8) is 0 Å². The van der Waals surface area contributed by atoms with Gasteiger partial charge >= 0.3 is 0 Å². The van der Waals surface area contributed by atoms with Gasteiger partial charge in [-0.3, -0.25) is 9.36 Å². The van der Waals surface area contributed by atoms with Crippen LogP contribution in [0.2, 0.25) is 0 Å². The quantitative estimate of drug-likeness (QED) is 0.676. The van der Waals surface area contributed by atoms with Crippen LogP contribution in [0.25, 0.3) is 0 Å². The Hall–Kier alpha value is -2.52. The molecule has 2 heterocycles. The fourth-order valence-electron chi connectivity index (χ4n) is 2.67. The summed E-state index contributed by atoms with van der Waals surface area (Å²) in [4.78, 5) is 0. The van der Waals surface area contributed by atoms with Crippen molar-refractivity contribution in [3.8, 4) is 0 Å². The largest absolute Gasteiger partial charge is 0.258 e. The fraction of sp³-hybridized carbons (Fsp3) is 0.353. The molecule has 8 nitrogen and oxygen atoms in total. The van der Waals surface area contributed by atoms with Gasteiger partial charge in [0.2, 0.25) is 0 Å². The van der Waals surface area contributed by atoms with Crippen molar-refractivity contribution in [1.82, 2.24) is 29.5 Å². The smallest absolute Gasteiger partial charge is 0.255 e. The zero-order valence-electron chi connectivity index (χ0n) is 15.0. The lowest BCUT2D eigenvalue weighted by Crippen LogP contribution is -2.42. The molecule has 0 radical (unpaired) electrons. The van der Waals surface area contributed by atoms with Crippen LogP contribution >= 0.6 is 0 Å². The predicted molar refractivity (Wildman–Crippen MR) is 96.7 cm³/mol. The number of sulfonamides is 1. The second-order valence-electron chi connectivity index (χ2n) is 6.64. The molecule has 138 valence electrons. The average molecular weight is 374 g/mol.